The minimum absolute atomic E-state index is 0.0374. The van der Waals surface area contributed by atoms with Crippen molar-refractivity contribution in [2.75, 3.05) is 6.61 Å². The van der Waals surface area contributed by atoms with E-state index in [1.54, 1.807) is 0 Å². The van der Waals surface area contributed by atoms with Gasteiger partial charge in [-0.25, -0.2) is 0 Å². The van der Waals surface area contributed by atoms with E-state index < -0.39 is 110 Å². The summed E-state index contributed by atoms with van der Waals surface area (Å²) in [6.45, 7) is 2.07. The number of aliphatic hydroxyl groups is 9. The Hall–Kier alpha value is -3.47. The zero-order valence-electron chi connectivity index (χ0n) is 27.1. The molecule has 3 fully saturated rings. The molecule has 0 amide bonds. The summed E-state index contributed by atoms with van der Waals surface area (Å²) in [7, 11) is 0. The van der Waals surface area contributed by atoms with Crippen molar-refractivity contribution in [2.24, 2.45) is 0 Å². The topological polar surface area (TPSA) is 288 Å². The highest BCUT2D eigenvalue weighted by Crippen LogP contribution is 2.37. The van der Waals surface area contributed by atoms with Gasteiger partial charge in [0.2, 0.25) is 23.8 Å². The van der Waals surface area contributed by atoms with Crippen molar-refractivity contribution in [1.29, 1.82) is 0 Å². The van der Waals surface area contributed by atoms with Gasteiger partial charge in [0.15, 0.2) is 18.2 Å². The molecule has 280 valence electrons. The van der Waals surface area contributed by atoms with E-state index in [0.29, 0.717) is 0 Å². The minimum atomic E-state index is -1.87. The quantitative estimate of drug-likeness (QED) is 0.114. The lowest BCUT2D eigenvalue weighted by Gasteiger charge is -2.45. The predicted molar refractivity (Wildman–Crippen MR) is 168 cm³/mol. The molecule has 18 heteroatoms. The predicted octanol–water partition coefficient (Wildman–Crippen LogP) is -2.60. The highest BCUT2D eigenvalue weighted by atomic mass is 16.8. The van der Waals surface area contributed by atoms with Gasteiger partial charge in [0.25, 0.3) is 0 Å². The lowest BCUT2D eigenvalue weighted by Crippen LogP contribution is -2.64. The molecule has 4 heterocycles. The third-order valence-electron chi connectivity index (χ3n) is 9.17. The highest BCUT2D eigenvalue weighted by Gasteiger charge is 2.51. The van der Waals surface area contributed by atoms with E-state index in [-0.39, 0.29) is 33.8 Å². The summed E-state index contributed by atoms with van der Waals surface area (Å²) in [6.07, 6.45) is -23.2. The summed E-state index contributed by atoms with van der Waals surface area (Å²) in [5.41, 5.74) is -0.653. The van der Waals surface area contributed by atoms with Crippen molar-refractivity contribution >= 4 is 11.0 Å². The normalized spacial score (nSPS) is 38.8. The zero-order chi connectivity index (χ0) is 36.9. The summed E-state index contributed by atoms with van der Waals surface area (Å²) >= 11 is 0. The molecule has 15 atom stereocenters. The molecule has 0 saturated carbocycles. The minimum Gasteiger partial charge on any atom is -0.508 e. The number of phenols is 1. The second-order valence-corrected chi connectivity index (χ2v) is 12.7. The SMILES string of the molecule is CC1OC(Oc2ccc3c(=O)c(OC4OC(CO)C(O)C(O)C4OC4OC(C)C(O)C(O)C4O)c(-c4ccc(O)cc4)oc3c2)C(O)C(O)C1O. The number of ether oxygens (including phenoxy) is 6. The van der Waals surface area contributed by atoms with Crippen molar-refractivity contribution < 1.29 is 83.9 Å². The molecule has 0 radical (unpaired) electrons. The fraction of sp³-hybridized carbons (Fsp3) is 0.545. The number of hydrogen-bond acceptors (Lipinski definition) is 18. The lowest BCUT2D eigenvalue weighted by atomic mass is 9.97. The molecular weight excluding hydrogens is 684 g/mol. The Kier molecular flexibility index (Phi) is 10.9. The molecule has 6 rings (SSSR count). The molecule has 2 aromatic carbocycles. The second kappa shape index (κ2) is 14.9. The number of phenolic OH excluding ortho intramolecular Hbond substituents is 1. The number of rotatable bonds is 8. The molecule has 3 aliphatic rings. The Morgan fingerprint density at radius 3 is 1.90 bits per heavy atom. The monoisotopic (exact) mass is 724 g/mol. The molecule has 15 unspecified atom stereocenters. The fourth-order valence-corrected chi connectivity index (χ4v) is 6.08. The first-order valence-corrected chi connectivity index (χ1v) is 16.1. The Morgan fingerprint density at radius 1 is 0.667 bits per heavy atom. The van der Waals surface area contributed by atoms with Gasteiger partial charge in [-0.05, 0) is 50.2 Å². The third-order valence-corrected chi connectivity index (χ3v) is 9.17. The van der Waals surface area contributed by atoms with E-state index in [2.05, 4.69) is 0 Å². The maximum atomic E-state index is 14.1. The Labute approximate surface area is 288 Å². The highest BCUT2D eigenvalue weighted by molar-refractivity contribution is 5.83. The van der Waals surface area contributed by atoms with Crippen molar-refractivity contribution in [2.45, 2.75) is 106 Å². The van der Waals surface area contributed by atoms with Gasteiger partial charge in [-0.3, -0.25) is 4.79 Å². The van der Waals surface area contributed by atoms with Gasteiger partial charge >= 0.3 is 0 Å². The number of benzene rings is 2. The first-order valence-electron chi connectivity index (χ1n) is 16.1. The zero-order valence-corrected chi connectivity index (χ0v) is 27.1. The largest absolute Gasteiger partial charge is 0.508 e. The van der Waals surface area contributed by atoms with Crippen LogP contribution in [0.25, 0.3) is 22.3 Å². The number of hydrogen-bond donors (Lipinski definition) is 10. The van der Waals surface area contributed by atoms with E-state index in [1.165, 1.54) is 56.3 Å². The van der Waals surface area contributed by atoms with Gasteiger partial charge in [0.05, 0.1) is 24.2 Å². The molecule has 10 N–H and O–H groups in total. The molecule has 0 bridgehead atoms. The summed E-state index contributed by atoms with van der Waals surface area (Å²) in [5.74, 6) is -0.815. The van der Waals surface area contributed by atoms with Gasteiger partial charge < -0.3 is 83.9 Å². The summed E-state index contributed by atoms with van der Waals surface area (Å²) in [6, 6.07) is 9.36. The molecular formula is C33H40O18. The van der Waals surface area contributed by atoms with Crippen molar-refractivity contribution in [3.63, 3.8) is 0 Å². The van der Waals surface area contributed by atoms with Crippen molar-refractivity contribution in [1.82, 2.24) is 0 Å². The van der Waals surface area contributed by atoms with Gasteiger partial charge in [-0.2, -0.15) is 0 Å². The molecule has 1 aromatic heterocycles. The van der Waals surface area contributed by atoms with E-state index in [1.807, 2.05) is 0 Å². The average Bonchev–Trinajstić information content (AvgIpc) is 3.11. The summed E-state index contributed by atoms with van der Waals surface area (Å²) in [5, 5.41) is 103. The van der Waals surface area contributed by atoms with E-state index in [4.69, 9.17) is 32.8 Å². The van der Waals surface area contributed by atoms with Crippen LogP contribution >= 0.6 is 0 Å². The maximum Gasteiger partial charge on any atom is 0.235 e. The van der Waals surface area contributed by atoms with Crippen LogP contribution in [-0.2, 0) is 18.9 Å². The van der Waals surface area contributed by atoms with Crippen LogP contribution in [0.2, 0.25) is 0 Å². The first kappa shape index (κ1) is 37.3. The third kappa shape index (κ3) is 7.16. The number of aliphatic hydroxyl groups excluding tert-OH is 9. The molecule has 51 heavy (non-hydrogen) atoms. The fourth-order valence-electron chi connectivity index (χ4n) is 6.08. The van der Waals surface area contributed by atoms with Crippen molar-refractivity contribution in [3.8, 4) is 28.6 Å². The first-order chi connectivity index (χ1) is 24.2. The Bertz CT molecular complexity index is 1720. The van der Waals surface area contributed by atoms with Gasteiger partial charge in [0, 0.05) is 11.6 Å². The lowest BCUT2D eigenvalue weighted by molar-refractivity contribution is -0.354. The van der Waals surface area contributed by atoms with Crippen LogP contribution in [0.5, 0.6) is 17.2 Å². The van der Waals surface area contributed by atoms with Crippen LogP contribution in [0.4, 0.5) is 0 Å². The summed E-state index contributed by atoms with van der Waals surface area (Å²) < 4.78 is 40.4. The van der Waals surface area contributed by atoms with Crippen molar-refractivity contribution in [3.05, 3.63) is 52.7 Å². The summed E-state index contributed by atoms with van der Waals surface area (Å²) in [4.78, 5) is 14.1. The van der Waals surface area contributed by atoms with Gasteiger partial charge in [-0.1, -0.05) is 0 Å². The van der Waals surface area contributed by atoms with Crippen LogP contribution in [0.15, 0.2) is 51.7 Å². The molecule has 3 saturated heterocycles. The second-order valence-electron chi connectivity index (χ2n) is 12.7. The molecule has 18 nitrogen and oxygen atoms in total. The molecule has 0 spiro atoms. The number of fused-ring (bicyclic) bond motifs is 1. The Balaban J connectivity index is 1.38. The van der Waals surface area contributed by atoms with E-state index in [9.17, 15) is 55.9 Å². The molecule has 3 aromatic rings. The van der Waals surface area contributed by atoms with Crippen LogP contribution in [0.1, 0.15) is 13.8 Å². The van der Waals surface area contributed by atoms with Crippen LogP contribution < -0.4 is 14.9 Å². The van der Waals surface area contributed by atoms with Crippen LogP contribution in [0.3, 0.4) is 0 Å². The van der Waals surface area contributed by atoms with E-state index >= 15 is 0 Å². The smallest absolute Gasteiger partial charge is 0.235 e. The Morgan fingerprint density at radius 2 is 1.27 bits per heavy atom. The van der Waals surface area contributed by atoms with Gasteiger partial charge in [-0.15, -0.1) is 0 Å². The maximum absolute atomic E-state index is 14.1. The van der Waals surface area contributed by atoms with Crippen LogP contribution in [0, 0.1) is 0 Å². The standard InChI is InChI=1S/C33H40O18/c1-11-19(36)23(40)26(43)31(45-11)47-15-7-8-16-17(9-15)48-28(13-3-5-14(35)6-4-13)29(21(16)38)50-33-30(25(42)22(39)18(10-34)49-33)51-32-27(44)24(41)20(37)12(2)46-32/h3-9,11-12,18-20,22-27,30-37,39-44H,10H2,1-2H3. The number of aromatic hydroxyl groups is 1. The van der Waals surface area contributed by atoms with Gasteiger partial charge in [0.1, 0.15) is 72.0 Å². The van der Waals surface area contributed by atoms with Crippen LogP contribution in [-0.4, -0.2) is 150 Å². The average molecular weight is 725 g/mol. The molecule has 0 aliphatic carbocycles. The molecule has 3 aliphatic heterocycles. The van der Waals surface area contributed by atoms with E-state index in [0.717, 1.165) is 0 Å².